The highest BCUT2D eigenvalue weighted by Crippen LogP contribution is 2.29. The van der Waals surface area contributed by atoms with Gasteiger partial charge in [0.15, 0.2) is 5.82 Å². The average molecular weight is 327 g/mol. The van der Waals surface area contributed by atoms with Crippen molar-refractivity contribution in [1.29, 1.82) is 0 Å². The molecule has 0 atom stereocenters. The molecule has 0 radical (unpaired) electrons. The minimum absolute atomic E-state index is 0.356. The zero-order chi connectivity index (χ0) is 16.4. The molecule has 124 valence electrons. The molecule has 23 heavy (non-hydrogen) atoms. The summed E-state index contributed by atoms with van der Waals surface area (Å²) in [6, 6.07) is 3.98. The van der Waals surface area contributed by atoms with Crippen LogP contribution in [0.4, 0.5) is 19.0 Å². The normalized spacial score (nSPS) is 16.8. The summed E-state index contributed by atoms with van der Waals surface area (Å²) in [6.45, 7) is 4.91. The Morgan fingerprint density at radius 2 is 1.87 bits per heavy atom. The lowest BCUT2D eigenvalue weighted by molar-refractivity contribution is -0.141. The van der Waals surface area contributed by atoms with Gasteiger partial charge in [0.2, 0.25) is 5.89 Å². The van der Waals surface area contributed by atoms with Crippen molar-refractivity contribution in [3.05, 3.63) is 35.6 Å². The highest BCUT2D eigenvalue weighted by molar-refractivity contribution is 5.40. The molecule has 0 bridgehead atoms. The molecule has 1 saturated heterocycles. The van der Waals surface area contributed by atoms with E-state index in [-0.39, 0.29) is 0 Å². The molecule has 9 heteroatoms. The quantitative estimate of drug-likeness (QED) is 0.861. The Labute approximate surface area is 130 Å². The van der Waals surface area contributed by atoms with E-state index >= 15 is 0 Å². The van der Waals surface area contributed by atoms with Gasteiger partial charge in [-0.05, 0) is 12.1 Å². The van der Waals surface area contributed by atoms with Gasteiger partial charge in [-0.1, -0.05) is 11.2 Å². The number of pyridine rings is 1. The molecule has 1 aliphatic rings. The van der Waals surface area contributed by atoms with Crippen LogP contribution in [0.5, 0.6) is 0 Å². The topological polar surface area (TPSA) is 58.3 Å². The van der Waals surface area contributed by atoms with Gasteiger partial charge in [0.25, 0.3) is 0 Å². The van der Waals surface area contributed by atoms with Crippen LogP contribution in [-0.2, 0) is 12.7 Å². The number of hydrogen-bond donors (Lipinski definition) is 0. The van der Waals surface area contributed by atoms with E-state index in [4.69, 9.17) is 4.52 Å². The number of hydrogen-bond acceptors (Lipinski definition) is 6. The maximum atomic E-state index is 12.7. The molecule has 0 aliphatic carbocycles. The van der Waals surface area contributed by atoms with E-state index in [0.717, 1.165) is 6.07 Å². The molecular weight excluding hydrogens is 311 g/mol. The molecule has 3 heterocycles. The maximum absolute atomic E-state index is 12.7. The number of alkyl halides is 3. The molecule has 2 aromatic rings. The van der Waals surface area contributed by atoms with E-state index < -0.39 is 11.9 Å². The fourth-order valence-electron chi connectivity index (χ4n) is 2.50. The van der Waals surface area contributed by atoms with Gasteiger partial charge < -0.3 is 9.42 Å². The van der Waals surface area contributed by atoms with Crippen molar-refractivity contribution in [3.8, 4) is 0 Å². The summed E-state index contributed by atoms with van der Waals surface area (Å²) >= 11 is 0. The van der Waals surface area contributed by atoms with E-state index in [1.54, 1.807) is 13.0 Å². The summed E-state index contributed by atoms with van der Waals surface area (Å²) in [4.78, 5) is 11.9. The first-order chi connectivity index (χ1) is 10.9. The van der Waals surface area contributed by atoms with Gasteiger partial charge in [-0.3, -0.25) is 4.90 Å². The average Bonchev–Trinajstić information content (AvgIpc) is 2.92. The molecule has 0 unspecified atom stereocenters. The minimum Gasteiger partial charge on any atom is -0.354 e. The van der Waals surface area contributed by atoms with Gasteiger partial charge in [0.05, 0.1) is 6.54 Å². The van der Waals surface area contributed by atoms with Gasteiger partial charge in [0, 0.05) is 33.1 Å². The summed E-state index contributed by atoms with van der Waals surface area (Å²) < 4.78 is 43.1. The SMILES string of the molecule is Cc1nc(CN2CCN(c3cccc(C(F)(F)F)n3)CC2)no1. The highest BCUT2D eigenvalue weighted by Gasteiger charge is 2.33. The number of aryl methyl sites for hydroxylation is 1. The van der Waals surface area contributed by atoms with Crippen LogP contribution in [0.3, 0.4) is 0 Å². The molecule has 0 amide bonds. The summed E-state index contributed by atoms with van der Waals surface area (Å²) in [7, 11) is 0. The van der Waals surface area contributed by atoms with E-state index in [1.165, 1.54) is 6.07 Å². The van der Waals surface area contributed by atoms with Gasteiger partial charge in [-0.2, -0.15) is 18.2 Å². The predicted octanol–water partition coefficient (Wildman–Crippen LogP) is 2.11. The molecule has 1 aliphatic heterocycles. The van der Waals surface area contributed by atoms with E-state index in [1.807, 2.05) is 4.90 Å². The standard InChI is InChI=1S/C14H16F3N5O/c1-10-18-12(20-23-10)9-21-5-7-22(8-6-21)13-4-2-3-11(19-13)14(15,16)17/h2-4H,5-9H2,1H3. The monoisotopic (exact) mass is 327 g/mol. The zero-order valence-corrected chi connectivity index (χ0v) is 12.5. The number of nitrogens with zero attached hydrogens (tertiary/aromatic N) is 5. The number of rotatable bonds is 3. The summed E-state index contributed by atoms with van der Waals surface area (Å²) in [5.74, 6) is 1.50. The second-order valence-corrected chi connectivity index (χ2v) is 5.37. The minimum atomic E-state index is -4.42. The fourth-order valence-corrected chi connectivity index (χ4v) is 2.50. The van der Waals surface area contributed by atoms with Crippen molar-refractivity contribution in [2.24, 2.45) is 0 Å². The Morgan fingerprint density at radius 3 is 2.48 bits per heavy atom. The van der Waals surface area contributed by atoms with Crippen LogP contribution in [0, 0.1) is 6.92 Å². The highest BCUT2D eigenvalue weighted by atomic mass is 19.4. The second-order valence-electron chi connectivity index (χ2n) is 5.37. The number of piperazine rings is 1. The smallest absolute Gasteiger partial charge is 0.354 e. The van der Waals surface area contributed by atoms with E-state index in [0.29, 0.717) is 50.3 Å². The van der Waals surface area contributed by atoms with Crippen LogP contribution < -0.4 is 4.90 Å². The third-order valence-corrected chi connectivity index (χ3v) is 3.66. The van der Waals surface area contributed by atoms with Crippen molar-refractivity contribution in [1.82, 2.24) is 20.0 Å². The lowest BCUT2D eigenvalue weighted by Crippen LogP contribution is -2.46. The molecule has 2 aromatic heterocycles. The number of anilines is 1. The van der Waals surface area contributed by atoms with Crippen molar-refractivity contribution in [2.75, 3.05) is 31.1 Å². The largest absolute Gasteiger partial charge is 0.433 e. The lowest BCUT2D eigenvalue weighted by Gasteiger charge is -2.34. The van der Waals surface area contributed by atoms with Crippen molar-refractivity contribution in [2.45, 2.75) is 19.6 Å². The molecule has 0 N–H and O–H groups in total. The summed E-state index contributed by atoms with van der Waals surface area (Å²) in [5.41, 5.74) is -0.861. The molecule has 1 fully saturated rings. The number of halogens is 3. The predicted molar refractivity (Wildman–Crippen MR) is 75.8 cm³/mol. The second kappa shape index (κ2) is 6.15. The first-order valence-electron chi connectivity index (χ1n) is 7.22. The van der Waals surface area contributed by atoms with Crippen LogP contribution in [0.2, 0.25) is 0 Å². The molecule has 0 saturated carbocycles. The molecule has 6 nitrogen and oxygen atoms in total. The number of aromatic nitrogens is 3. The first kappa shape index (κ1) is 15.7. The third-order valence-electron chi connectivity index (χ3n) is 3.66. The Hall–Kier alpha value is -2.16. The molecule has 0 spiro atoms. The van der Waals surface area contributed by atoms with Crippen LogP contribution in [0.25, 0.3) is 0 Å². The fraction of sp³-hybridized carbons (Fsp3) is 0.500. The van der Waals surface area contributed by atoms with Crippen molar-refractivity contribution >= 4 is 5.82 Å². The van der Waals surface area contributed by atoms with Gasteiger partial charge in [-0.15, -0.1) is 0 Å². The maximum Gasteiger partial charge on any atom is 0.433 e. The van der Waals surface area contributed by atoms with Crippen LogP contribution in [0.1, 0.15) is 17.4 Å². The zero-order valence-electron chi connectivity index (χ0n) is 12.5. The van der Waals surface area contributed by atoms with Gasteiger partial charge in [0.1, 0.15) is 11.5 Å². The Bertz CT molecular complexity index is 664. The third kappa shape index (κ3) is 3.79. The first-order valence-corrected chi connectivity index (χ1v) is 7.22. The Kier molecular flexibility index (Phi) is 4.20. The van der Waals surface area contributed by atoms with Crippen molar-refractivity contribution in [3.63, 3.8) is 0 Å². The van der Waals surface area contributed by atoms with Gasteiger partial charge >= 0.3 is 6.18 Å². The van der Waals surface area contributed by atoms with E-state index in [9.17, 15) is 13.2 Å². The van der Waals surface area contributed by atoms with Crippen LogP contribution >= 0.6 is 0 Å². The molecule has 3 rings (SSSR count). The molecule has 0 aromatic carbocycles. The summed E-state index contributed by atoms with van der Waals surface area (Å²) in [5, 5.41) is 3.85. The Balaban J connectivity index is 1.60. The lowest BCUT2D eigenvalue weighted by atomic mass is 10.2. The van der Waals surface area contributed by atoms with Crippen molar-refractivity contribution < 1.29 is 17.7 Å². The van der Waals surface area contributed by atoms with E-state index in [2.05, 4.69) is 20.0 Å². The molecular formula is C14H16F3N5O. The van der Waals surface area contributed by atoms with Gasteiger partial charge in [-0.25, -0.2) is 4.98 Å². The summed E-state index contributed by atoms with van der Waals surface area (Å²) in [6.07, 6.45) is -4.42. The van der Waals surface area contributed by atoms with Crippen LogP contribution in [0.15, 0.2) is 22.7 Å². The van der Waals surface area contributed by atoms with Crippen LogP contribution in [-0.4, -0.2) is 46.2 Å². The Morgan fingerprint density at radius 1 is 1.13 bits per heavy atom.